The quantitative estimate of drug-likeness (QED) is 0.704. The fourth-order valence-corrected chi connectivity index (χ4v) is 1.26. The van der Waals surface area contributed by atoms with Crippen LogP contribution in [0, 0.1) is 20.8 Å². The number of rotatable bonds is 1. The van der Waals surface area contributed by atoms with Crippen molar-refractivity contribution in [1.82, 2.24) is 25.0 Å². The Morgan fingerprint density at radius 3 is 2.54 bits per heavy atom. The molecule has 0 bridgehead atoms. The number of hydrogen-bond acceptors (Lipinski definition) is 3. The molecule has 0 aliphatic rings. The Morgan fingerprint density at radius 1 is 1.31 bits per heavy atom. The van der Waals surface area contributed by atoms with E-state index in [1.54, 1.807) is 4.68 Å². The molecule has 0 unspecified atom stereocenters. The molecular weight excluding hydrogens is 166 g/mol. The zero-order valence-corrected chi connectivity index (χ0v) is 7.87. The third-order valence-corrected chi connectivity index (χ3v) is 1.78. The molecule has 13 heavy (non-hydrogen) atoms. The van der Waals surface area contributed by atoms with Crippen LogP contribution in [0.1, 0.15) is 17.2 Å². The minimum Gasteiger partial charge on any atom is -0.261 e. The maximum Gasteiger partial charge on any atom is 0.269 e. The number of aromatic nitrogens is 5. The van der Waals surface area contributed by atoms with E-state index in [9.17, 15) is 0 Å². The molecule has 0 saturated carbocycles. The average molecular weight is 177 g/mol. The highest BCUT2D eigenvalue weighted by atomic mass is 15.4. The van der Waals surface area contributed by atoms with Crippen molar-refractivity contribution in [2.24, 2.45) is 0 Å². The van der Waals surface area contributed by atoms with E-state index in [1.165, 1.54) is 0 Å². The van der Waals surface area contributed by atoms with E-state index in [0.29, 0.717) is 5.95 Å². The molecule has 1 N–H and O–H groups in total. The van der Waals surface area contributed by atoms with Crippen molar-refractivity contribution >= 4 is 0 Å². The number of hydrogen-bond donors (Lipinski definition) is 1. The third kappa shape index (κ3) is 1.32. The van der Waals surface area contributed by atoms with Gasteiger partial charge in [-0.15, -0.1) is 5.10 Å². The van der Waals surface area contributed by atoms with Crippen molar-refractivity contribution in [3.63, 3.8) is 0 Å². The highest BCUT2D eigenvalue weighted by molar-refractivity contribution is 5.17. The summed E-state index contributed by atoms with van der Waals surface area (Å²) in [6.45, 7) is 5.79. The molecule has 2 heterocycles. The summed E-state index contributed by atoms with van der Waals surface area (Å²) in [7, 11) is 0. The lowest BCUT2D eigenvalue weighted by Crippen LogP contribution is -2.01. The second-order valence-electron chi connectivity index (χ2n) is 3.06. The highest BCUT2D eigenvalue weighted by Crippen LogP contribution is 2.06. The summed E-state index contributed by atoms with van der Waals surface area (Å²) in [4.78, 5) is 4.19. The first-order valence-corrected chi connectivity index (χ1v) is 4.09. The smallest absolute Gasteiger partial charge is 0.261 e. The van der Waals surface area contributed by atoms with E-state index in [4.69, 9.17) is 0 Å². The van der Waals surface area contributed by atoms with Crippen LogP contribution in [0.25, 0.3) is 5.95 Å². The molecule has 0 fully saturated rings. The second kappa shape index (κ2) is 2.69. The number of H-pyrrole nitrogens is 1. The lowest BCUT2D eigenvalue weighted by atomic mass is 10.4. The largest absolute Gasteiger partial charge is 0.269 e. The number of nitrogens with zero attached hydrogens (tertiary/aromatic N) is 4. The Kier molecular flexibility index (Phi) is 1.65. The summed E-state index contributed by atoms with van der Waals surface area (Å²) in [6.07, 6.45) is 0. The molecule has 2 aromatic heterocycles. The molecule has 68 valence electrons. The van der Waals surface area contributed by atoms with E-state index >= 15 is 0 Å². The fourth-order valence-electron chi connectivity index (χ4n) is 1.26. The molecule has 0 radical (unpaired) electrons. The highest BCUT2D eigenvalue weighted by Gasteiger charge is 2.06. The maximum absolute atomic E-state index is 4.27. The Hall–Kier alpha value is -1.65. The van der Waals surface area contributed by atoms with Crippen molar-refractivity contribution in [1.29, 1.82) is 0 Å². The Balaban J connectivity index is 2.51. The predicted molar refractivity (Wildman–Crippen MR) is 47.7 cm³/mol. The first-order chi connectivity index (χ1) is 6.16. The standard InChI is InChI=1S/C8H11N5/c1-5-4-6(2)13(12-5)8-9-7(3)10-11-8/h4H,1-3H3,(H,9,10,11). The SMILES string of the molecule is Cc1cc(C)n(-c2n[nH]c(C)n2)n1. The van der Waals surface area contributed by atoms with Gasteiger partial charge in [0, 0.05) is 5.69 Å². The van der Waals surface area contributed by atoms with Gasteiger partial charge in [-0.25, -0.2) is 4.68 Å². The molecule has 5 heteroatoms. The second-order valence-corrected chi connectivity index (χ2v) is 3.06. The Morgan fingerprint density at radius 2 is 2.08 bits per heavy atom. The average Bonchev–Trinajstić information content (AvgIpc) is 2.58. The van der Waals surface area contributed by atoms with Crippen LogP contribution in [-0.4, -0.2) is 25.0 Å². The van der Waals surface area contributed by atoms with Crippen LogP contribution in [0.2, 0.25) is 0 Å². The van der Waals surface area contributed by atoms with Crippen LogP contribution >= 0.6 is 0 Å². The van der Waals surface area contributed by atoms with Gasteiger partial charge in [0.25, 0.3) is 5.95 Å². The molecule has 0 spiro atoms. The van der Waals surface area contributed by atoms with E-state index < -0.39 is 0 Å². The van der Waals surface area contributed by atoms with E-state index in [2.05, 4.69) is 20.3 Å². The van der Waals surface area contributed by atoms with Crippen molar-refractivity contribution in [3.05, 3.63) is 23.3 Å². The van der Waals surface area contributed by atoms with E-state index in [1.807, 2.05) is 26.8 Å². The molecule has 0 amide bonds. The Labute approximate surface area is 75.8 Å². The summed E-state index contributed by atoms with van der Waals surface area (Å²) in [6, 6.07) is 1.99. The lowest BCUT2D eigenvalue weighted by Gasteiger charge is -1.94. The monoisotopic (exact) mass is 177 g/mol. The summed E-state index contributed by atoms with van der Waals surface area (Å²) in [5, 5.41) is 11.1. The van der Waals surface area contributed by atoms with Gasteiger partial charge in [-0.2, -0.15) is 10.1 Å². The first-order valence-electron chi connectivity index (χ1n) is 4.09. The molecule has 0 aromatic carbocycles. The topological polar surface area (TPSA) is 59.4 Å². The van der Waals surface area contributed by atoms with Crippen LogP contribution < -0.4 is 0 Å². The molecule has 2 rings (SSSR count). The number of aryl methyl sites for hydroxylation is 3. The van der Waals surface area contributed by atoms with Gasteiger partial charge >= 0.3 is 0 Å². The van der Waals surface area contributed by atoms with Gasteiger partial charge in [0.15, 0.2) is 0 Å². The summed E-state index contributed by atoms with van der Waals surface area (Å²) in [5.74, 6) is 1.39. The third-order valence-electron chi connectivity index (χ3n) is 1.78. The molecule has 0 aliphatic heterocycles. The normalized spacial score (nSPS) is 10.7. The number of nitrogens with one attached hydrogen (secondary N) is 1. The van der Waals surface area contributed by atoms with Crippen molar-refractivity contribution in [2.45, 2.75) is 20.8 Å². The van der Waals surface area contributed by atoms with Crippen LogP contribution in [0.4, 0.5) is 0 Å². The van der Waals surface area contributed by atoms with Crippen LogP contribution in [-0.2, 0) is 0 Å². The van der Waals surface area contributed by atoms with Crippen molar-refractivity contribution in [3.8, 4) is 5.95 Å². The Bertz CT molecular complexity index is 425. The van der Waals surface area contributed by atoms with Gasteiger partial charge < -0.3 is 0 Å². The van der Waals surface area contributed by atoms with Crippen LogP contribution in [0.15, 0.2) is 6.07 Å². The van der Waals surface area contributed by atoms with Crippen LogP contribution in [0.3, 0.4) is 0 Å². The van der Waals surface area contributed by atoms with Gasteiger partial charge in [0.1, 0.15) is 5.82 Å². The van der Waals surface area contributed by atoms with Crippen molar-refractivity contribution < 1.29 is 0 Å². The molecule has 0 saturated heterocycles. The number of aromatic amines is 1. The maximum atomic E-state index is 4.27. The van der Waals surface area contributed by atoms with E-state index in [0.717, 1.165) is 17.2 Å². The molecule has 0 aliphatic carbocycles. The van der Waals surface area contributed by atoms with Crippen LogP contribution in [0.5, 0.6) is 0 Å². The fraction of sp³-hybridized carbons (Fsp3) is 0.375. The van der Waals surface area contributed by atoms with Gasteiger partial charge in [-0.1, -0.05) is 0 Å². The predicted octanol–water partition coefficient (Wildman–Crippen LogP) is 0.916. The minimum absolute atomic E-state index is 0.600. The van der Waals surface area contributed by atoms with Crippen molar-refractivity contribution in [2.75, 3.05) is 0 Å². The summed E-state index contributed by atoms with van der Waals surface area (Å²) >= 11 is 0. The zero-order chi connectivity index (χ0) is 9.42. The van der Waals surface area contributed by atoms with E-state index in [-0.39, 0.29) is 0 Å². The first kappa shape index (κ1) is 7.97. The lowest BCUT2D eigenvalue weighted by molar-refractivity contribution is 0.778. The molecular formula is C8H11N5. The molecule has 5 nitrogen and oxygen atoms in total. The zero-order valence-electron chi connectivity index (χ0n) is 7.87. The minimum atomic E-state index is 0.600. The molecule has 0 atom stereocenters. The van der Waals surface area contributed by atoms with Gasteiger partial charge in [0.2, 0.25) is 0 Å². The summed E-state index contributed by atoms with van der Waals surface area (Å²) < 4.78 is 1.72. The van der Waals surface area contributed by atoms with Gasteiger partial charge in [0.05, 0.1) is 5.69 Å². The van der Waals surface area contributed by atoms with Gasteiger partial charge in [-0.05, 0) is 26.8 Å². The van der Waals surface area contributed by atoms with Gasteiger partial charge in [-0.3, -0.25) is 5.10 Å². The molecule has 2 aromatic rings. The summed E-state index contributed by atoms with van der Waals surface area (Å²) in [5.41, 5.74) is 2.01.